The highest BCUT2D eigenvalue weighted by Gasteiger charge is 2.21. The number of hydrogen-bond acceptors (Lipinski definition) is 3. The largest absolute Gasteiger partial charge is 0.444 e. The number of rotatable bonds is 3. The van der Waals surface area contributed by atoms with Crippen LogP contribution in [-0.4, -0.2) is 18.1 Å². The fourth-order valence-corrected chi connectivity index (χ4v) is 1.68. The lowest BCUT2D eigenvalue weighted by Crippen LogP contribution is -2.27. The summed E-state index contributed by atoms with van der Waals surface area (Å²) in [6, 6.07) is 2.67. The zero-order valence-corrected chi connectivity index (χ0v) is 12.2. The van der Waals surface area contributed by atoms with Crippen LogP contribution in [0.5, 0.6) is 0 Å². The zero-order chi connectivity index (χ0) is 15.5. The summed E-state index contributed by atoms with van der Waals surface area (Å²) >= 11 is 5.82. The molecule has 1 aromatic carbocycles. The van der Waals surface area contributed by atoms with Crippen LogP contribution in [0.15, 0.2) is 18.2 Å². The molecule has 20 heavy (non-hydrogen) atoms. The Morgan fingerprint density at radius 1 is 1.40 bits per heavy atom. The second-order valence-corrected chi connectivity index (χ2v) is 5.63. The van der Waals surface area contributed by atoms with Gasteiger partial charge < -0.3 is 10.5 Å². The van der Waals surface area contributed by atoms with Crippen LogP contribution in [0.4, 0.5) is 19.3 Å². The Bertz CT molecular complexity index is 490. The molecule has 0 aliphatic carbocycles. The summed E-state index contributed by atoms with van der Waals surface area (Å²) in [5, 5.41) is 2.56. The lowest BCUT2D eigenvalue weighted by atomic mass is 10.1. The molecule has 3 N–H and O–H groups in total. The molecule has 0 saturated heterocycles. The predicted molar refractivity (Wildman–Crippen MR) is 74.2 cm³/mol. The van der Waals surface area contributed by atoms with Crippen molar-refractivity contribution >= 4 is 23.4 Å². The fraction of sp³-hybridized carbons (Fsp3) is 0.462. The molecule has 0 aromatic heterocycles. The average Bonchev–Trinajstić information content (AvgIpc) is 2.28. The van der Waals surface area contributed by atoms with E-state index in [1.54, 1.807) is 20.8 Å². The van der Waals surface area contributed by atoms with Crippen molar-refractivity contribution in [3.8, 4) is 0 Å². The Balaban J connectivity index is 2.88. The van der Waals surface area contributed by atoms with E-state index < -0.39 is 24.2 Å². The summed E-state index contributed by atoms with van der Waals surface area (Å²) in [6.07, 6.45) is -3.43. The number of benzene rings is 1. The van der Waals surface area contributed by atoms with E-state index in [2.05, 4.69) is 5.32 Å². The van der Waals surface area contributed by atoms with Crippen molar-refractivity contribution in [1.29, 1.82) is 0 Å². The van der Waals surface area contributed by atoms with Gasteiger partial charge in [-0.3, -0.25) is 5.32 Å². The van der Waals surface area contributed by atoms with Crippen molar-refractivity contribution < 1.29 is 18.3 Å². The molecule has 0 bridgehead atoms. The first kappa shape index (κ1) is 16.7. The van der Waals surface area contributed by atoms with Crippen LogP contribution < -0.4 is 11.1 Å². The molecule has 0 radical (unpaired) electrons. The fourth-order valence-electron chi connectivity index (χ4n) is 1.43. The lowest BCUT2D eigenvalue weighted by molar-refractivity contribution is 0.0636. The molecule has 112 valence electrons. The van der Waals surface area contributed by atoms with Crippen molar-refractivity contribution in [2.24, 2.45) is 5.73 Å². The van der Waals surface area contributed by atoms with Gasteiger partial charge in [-0.05, 0) is 44.5 Å². The maximum absolute atomic E-state index is 12.6. The van der Waals surface area contributed by atoms with Gasteiger partial charge in [0.05, 0.1) is 6.04 Å². The number of carbonyl (C=O) groups excluding carboxylic acids is 1. The average molecular weight is 307 g/mol. The Morgan fingerprint density at radius 3 is 2.50 bits per heavy atom. The van der Waals surface area contributed by atoms with Gasteiger partial charge in [0.1, 0.15) is 5.60 Å². The van der Waals surface area contributed by atoms with Crippen molar-refractivity contribution in [2.45, 2.75) is 38.8 Å². The summed E-state index contributed by atoms with van der Waals surface area (Å²) in [5.41, 5.74) is 5.06. The summed E-state index contributed by atoms with van der Waals surface area (Å²) in [4.78, 5) is 11.6. The van der Waals surface area contributed by atoms with Crippen molar-refractivity contribution in [3.63, 3.8) is 0 Å². The molecule has 4 nitrogen and oxygen atoms in total. The molecule has 1 amide bonds. The molecule has 1 unspecified atom stereocenters. The third-order valence-electron chi connectivity index (χ3n) is 2.27. The lowest BCUT2D eigenvalue weighted by Gasteiger charge is -2.20. The monoisotopic (exact) mass is 306 g/mol. The Hall–Kier alpha value is -1.40. The van der Waals surface area contributed by atoms with E-state index in [4.69, 9.17) is 22.1 Å². The zero-order valence-electron chi connectivity index (χ0n) is 11.4. The number of anilines is 1. The first-order chi connectivity index (χ1) is 9.10. The summed E-state index contributed by atoms with van der Waals surface area (Å²) in [5.74, 6) is 0. The van der Waals surface area contributed by atoms with Gasteiger partial charge in [-0.1, -0.05) is 11.6 Å². The van der Waals surface area contributed by atoms with Gasteiger partial charge in [-0.25, -0.2) is 13.6 Å². The van der Waals surface area contributed by atoms with Crippen LogP contribution in [-0.2, 0) is 4.74 Å². The number of alkyl halides is 2. The maximum Gasteiger partial charge on any atom is 0.412 e. The number of halogens is 3. The highest BCUT2D eigenvalue weighted by atomic mass is 35.5. The Morgan fingerprint density at radius 2 is 2.00 bits per heavy atom. The minimum atomic E-state index is -2.75. The second kappa shape index (κ2) is 6.37. The minimum Gasteiger partial charge on any atom is -0.444 e. The van der Waals surface area contributed by atoms with Crippen LogP contribution in [0.3, 0.4) is 0 Å². The number of ether oxygens (including phenoxy) is 1. The van der Waals surface area contributed by atoms with Gasteiger partial charge in [0, 0.05) is 10.7 Å². The molecule has 1 aromatic rings. The number of amides is 1. The standard InChI is InChI=1S/C13H17ClF2N2O2/c1-13(2,3)20-12(19)18-7-4-5-9(14)8(6-7)10(17)11(15)16/h4-6,10-11H,17H2,1-3H3,(H,18,19). The van der Waals surface area contributed by atoms with E-state index in [0.717, 1.165) is 0 Å². The molecule has 1 rings (SSSR count). The maximum atomic E-state index is 12.6. The normalized spacial score (nSPS) is 13.2. The summed E-state index contributed by atoms with van der Waals surface area (Å²) < 4.78 is 30.3. The van der Waals surface area contributed by atoms with E-state index in [-0.39, 0.29) is 16.3 Å². The van der Waals surface area contributed by atoms with Crippen LogP contribution >= 0.6 is 11.6 Å². The third-order valence-corrected chi connectivity index (χ3v) is 2.62. The van der Waals surface area contributed by atoms with Gasteiger partial charge in [-0.15, -0.1) is 0 Å². The predicted octanol–water partition coefficient (Wildman–Crippen LogP) is 3.95. The third kappa shape index (κ3) is 4.94. The first-order valence-electron chi connectivity index (χ1n) is 5.93. The highest BCUT2D eigenvalue weighted by molar-refractivity contribution is 6.31. The smallest absolute Gasteiger partial charge is 0.412 e. The molecule has 0 aliphatic rings. The van der Waals surface area contributed by atoms with Crippen LogP contribution in [0.1, 0.15) is 32.4 Å². The SMILES string of the molecule is CC(C)(C)OC(=O)Nc1ccc(Cl)c(C(N)C(F)F)c1. The second-order valence-electron chi connectivity index (χ2n) is 5.22. The van der Waals surface area contributed by atoms with Crippen LogP contribution in [0.2, 0.25) is 5.02 Å². The topological polar surface area (TPSA) is 64.3 Å². The molecule has 0 spiro atoms. The van der Waals surface area contributed by atoms with E-state index in [0.29, 0.717) is 0 Å². The van der Waals surface area contributed by atoms with E-state index in [1.165, 1.54) is 18.2 Å². The first-order valence-corrected chi connectivity index (χ1v) is 6.31. The van der Waals surface area contributed by atoms with Gasteiger partial charge in [0.2, 0.25) is 0 Å². The number of hydrogen-bond donors (Lipinski definition) is 2. The number of nitrogens with two attached hydrogens (primary N) is 1. The Labute approximate surface area is 121 Å². The van der Waals surface area contributed by atoms with Crippen molar-refractivity contribution in [2.75, 3.05) is 5.32 Å². The van der Waals surface area contributed by atoms with Gasteiger partial charge in [0.25, 0.3) is 6.43 Å². The van der Waals surface area contributed by atoms with Gasteiger partial charge in [0.15, 0.2) is 0 Å². The van der Waals surface area contributed by atoms with Gasteiger partial charge >= 0.3 is 6.09 Å². The van der Waals surface area contributed by atoms with E-state index in [9.17, 15) is 13.6 Å². The quantitative estimate of drug-likeness (QED) is 0.888. The molecule has 7 heteroatoms. The van der Waals surface area contributed by atoms with E-state index in [1.807, 2.05) is 0 Å². The summed E-state index contributed by atoms with van der Waals surface area (Å²) in [7, 11) is 0. The van der Waals surface area contributed by atoms with E-state index >= 15 is 0 Å². The molecular weight excluding hydrogens is 290 g/mol. The van der Waals surface area contributed by atoms with Crippen molar-refractivity contribution in [1.82, 2.24) is 0 Å². The molecule has 0 fully saturated rings. The number of nitrogens with one attached hydrogen (secondary N) is 1. The molecule has 0 aliphatic heterocycles. The molecule has 0 heterocycles. The summed E-state index contributed by atoms with van der Waals surface area (Å²) in [6.45, 7) is 5.14. The minimum absolute atomic E-state index is 0.0650. The molecular formula is C13H17ClF2N2O2. The van der Waals surface area contributed by atoms with Crippen LogP contribution in [0, 0.1) is 0 Å². The highest BCUT2D eigenvalue weighted by Crippen LogP contribution is 2.28. The van der Waals surface area contributed by atoms with Crippen LogP contribution in [0.25, 0.3) is 0 Å². The van der Waals surface area contributed by atoms with Crippen molar-refractivity contribution in [3.05, 3.63) is 28.8 Å². The number of carbonyl (C=O) groups is 1. The van der Waals surface area contributed by atoms with Gasteiger partial charge in [-0.2, -0.15) is 0 Å². The Kier molecular flexibility index (Phi) is 5.30. The molecule has 0 saturated carbocycles. The molecule has 1 atom stereocenters.